The zero-order chi connectivity index (χ0) is 15.5. The van der Waals surface area contributed by atoms with Crippen molar-refractivity contribution >= 4 is 11.7 Å². The molecule has 1 heterocycles. The van der Waals surface area contributed by atoms with Gasteiger partial charge in [0.25, 0.3) is 0 Å². The minimum atomic E-state index is -0.709. The van der Waals surface area contributed by atoms with E-state index >= 15 is 0 Å². The van der Waals surface area contributed by atoms with E-state index in [4.69, 9.17) is 0 Å². The van der Waals surface area contributed by atoms with Crippen LogP contribution in [0.5, 0.6) is 0 Å². The van der Waals surface area contributed by atoms with E-state index in [-0.39, 0.29) is 0 Å². The maximum absolute atomic E-state index is 11.8. The fraction of sp³-hybridized carbons (Fsp3) is 0.529. The van der Waals surface area contributed by atoms with Gasteiger partial charge in [-0.25, -0.2) is 0 Å². The second kappa shape index (κ2) is 6.17. The van der Waals surface area contributed by atoms with Crippen molar-refractivity contribution in [3.8, 4) is 6.07 Å². The van der Waals surface area contributed by atoms with Crippen LogP contribution >= 0.6 is 0 Å². The van der Waals surface area contributed by atoms with Gasteiger partial charge in [0.05, 0.1) is 16.7 Å². The maximum Gasteiger partial charge on any atom is 0.311 e. The first kappa shape index (κ1) is 15.4. The largest absolute Gasteiger partial charge is 0.481 e. The lowest BCUT2D eigenvalue weighted by atomic mass is 9.76. The van der Waals surface area contributed by atoms with Crippen molar-refractivity contribution in [2.75, 3.05) is 18.0 Å². The Morgan fingerprint density at radius 1 is 1.52 bits per heavy atom. The number of carboxylic acids is 1. The van der Waals surface area contributed by atoms with Crippen LogP contribution in [-0.2, 0) is 4.79 Å². The van der Waals surface area contributed by atoms with Gasteiger partial charge in [-0.1, -0.05) is 19.4 Å². The summed E-state index contributed by atoms with van der Waals surface area (Å²) in [5, 5.41) is 19.0. The Morgan fingerprint density at radius 3 is 2.90 bits per heavy atom. The molecule has 0 aliphatic carbocycles. The fourth-order valence-electron chi connectivity index (χ4n) is 3.32. The van der Waals surface area contributed by atoms with Gasteiger partial charge in [-0.3, -0.25) is 4.79 Å². The molecular weight excluding hydrogens is 264 g/mol. The highest BCUT2D eigenvalue weighted by atomic mass is 16.4. The lowest BCUT2D eigenvalue weighted by Crippen LogP contribution is -2.48. The average Bonchev–Trinajstić information content (AvgIpc) is 2.47. The van der Waals surface area contributed by atoms with Crippen LogP contribution in [0.25, 0.3) is 0 Å². The molecule has 0 bridgehead atoms. The molecular formula is C17H22N2O2. The molecule has 1 aliphatic rings. The van der Waals surface area contributed by atoms with E-state index in [1.807, 2.05) is 32.0 Å². The standard InChI is InChI=1S/C17H22N2O2/c1-3-7-17(16(20)21)8-4-9-19(12-17)15-6-5-13(2)10-14(15)11-18/h5-6,10H,3-4,7-9,12H2,1-2H3,(H,20,21). The summed E-state index contributed by atoms with van der Waals surface area (Å²) in [4.78, 5) is 13.8. The summed E-state index contributed by atoms with van der Waals surface area (Å²) in [7, 11) is 0. The summed E-state index contributed by atoms with van der Waals surface area (Å²) in [6, 6.07) is 8.02. The molecule has 0 saturated carbocycles. The molecule has 1 saturated heterocycles. The first-order valence-electron chi connectivity index (χ1n) is 7.51. The van der Waals surface area contributed by atoms with Crippen LogP contribution in [0.4, 0.5) is 5.69 Å². The summed E-state index contributed by atoms with van der Waals surface area (Å²) < 4.78 is 0. The molecule has 0 radical (unpaired) electrons. The van der Waals surface area contributed by atoms with Crippen LogP contribution in [0.3, 0.4) is 0 Å². The predicted molar refractivity (Wildman–Crippen MR) is 82.3 cm³/mol. The number of anilines is 1. The number of hydrogen-bond donors (Lipinski definition) is 1. The summed E-state index contributed by atoms with van der Waals surface area (Å²) in [5.74, 6) is -0.709. The molecule has 1 fully saturated rings. The van der Waals surface area contributed by atoms with Crippen molar-refractivity contribution < 1.29 is 9.90 Å². The summed E-state index contributed by atoms with van der Waals surface area (Å²) in [6.07, 6.45) is 3.12. The van der Waals surface area contributed by atoms with E-state index in [0.717, 1.165) is 37.1 Å². The zero-order valence-corrected chi connectivity index (χ0v) is 12.7. The Kier molecular flexibility index (Phi) is 4.52. The van der Waals surface area contributed by atoms with Gasteiger partial charge in [-0.05, 0) is 43.9 Å². The highest BCUT2D eigenvalue weighted by molar-refractivity contribution is 5.76. The number of aryl methyl sites for hydroxylation is 1. The van der Waals surface area contributed by atoms with Gasteiger partial charge < -0.3 is 10.0 Å². The van der Waals surface area contributed by atoms with Gasteiger partial charge in [-0.15, -0.1) is 0 Å². The molecule has 1 aromatic carbocycles. The van der Waals surface area contributed by atoms with E-state index in [9.17, 15) is 15.2 Å². The Balaban J connectivity index is 2.33. The van der Waals surface area contributed by atoms with Gasteiger partial charge in [0.15, 0.2) is 0 Å². The zero-order valence-electron chi connectivity index (χ0n) is 12.7. The molecule has 1 N–H and O–H groups in total. The average molecular weight is 286 g/mol. The van der Waals surface area contributed by atoms with Crippen molar-refractivity contribution in [2.24, 2.45) is 5.41 Å². The van der Waals surface area contributed by atoms with Crippen LogP contribution in [0.1, 0.15) is 43.7 Å². The normalized spacial score (nSPS) is 21.9. The van der Waals surface area contributed by atoms with E-state index in [0.29, 0.717) is 18.5 Å². The molecule has 0 amide bonds. The maximum atomic E-state index is 11.8. The van der Waals surface area contributed by atoms with Crippen LogP contribution in [0.15, 0.2) is 18.2 Å². The van der Waals surface area contributed by atoms with Gasteiger partial charge in [0.1, 0.15) is 6.07 Å². The van der Waals surface area contributed by atoms with Crippen molar-refractivity contribution in [3.63, 3.8) is 0 Å². The smallest absolute Gasteiger partial charge is 0.311 e. The third kappa shape index (κ3) is 3.02. The molecule has 4 nitrogen and oxygen atoms in total. The van der Waals surface area contributed by atoms with E-state index in [1.54, 1.807) is 0 Å². The molecule has 112 valence electrons. The molecule has 0 aromatic heterocycles. The van der Waals surface area contributed by atoms with Crippen molar-refractivity contribution in [1.82, 2.24) is 0 Å². The van der Waals surface area contributed by atoms with Gasteiger partial charge >= 0.3 is 5.97 Å². The number of benzene rings is 1. The van der Waals surface area contributed by atoms with Gasteiger partial charge in [0.2, 0.25) is 0 Å². The highest BCUT2D eigenvalue weighted by Gasteiger charge is 2.41. The van der Waals surface area contributed by atoms with Crippen molar-refractivity contribution in [3.05, 3.63) is 29.3 Å². The number of hydrogen-bond acceptors (Lipinski definition) is 3. The van der Waals surface area contributed by atoms with Crippen molar-refractivity contribution in [1.29, 1.82) is 5.26 Å². The van der Waals surface area contributed by atoms with Crippen LogP contribution in [-0.4, -0.2) is 24.2 Å². The number of rotatable bonds is 4. The first-order chi connectivity index (χ1) is 10.0. The molecule has 1 atom stereocenters. The molecule has 0 spiro atoms. The Morgan fingerprint density at radius 2 is 2.29 bits per heavy atom. The molecule has 21 heavy (non-hydrogen) atoms. The SMILES string of the molecule is CCCC1(C(=O)O)CCCN(c2ccc(C)cc2C#N)C1. The van der Waals surface area contributed by atoms with Crippen LogP contribution in [0, 0.1) is 23.7 Å². The number of aliphatic carboxylic acids is 1. The molecule has 2 rings (SSSR count). The van der Waals surface area contributed by atoms with Crippen LogP contribution < -0.4 is 4.90 Å². The number of nitrogens with zero attached hydrogens (tertiary/aromatic N) is 2. The monoisotopic (exact) mass is 286 g/mol. The van der Waals surface area contributed by atoms with Crippen LogP contribution in [0.2, 0.25) is 0 Å². The second-order valence-corrected chi connectivity index (χ2v) is 5.99. The summed E-state index contributed by atoms with van der Waals surface area (Å²) in [5.41, 5.74) is 1.87. The third-order valence-corrected chi connectivity index (χ3v) is 4.37. The van der Waals surface area contributed by atoms with Gasteiger partial charge in [0, 0.05) is 13.1 Å². The molecule has 1 aromatic rings. The molecule has 1 unspecified atom stereocenters. The first-order valence-corrected chi connectivity index (χ1v) is 7.51. The van der Waals surface area contributed by atoms with Crippen molar-refractivity contribution in [2.45, 2.75) is 39.5 Å². The number of piperidine rings is 1. The Labute approximate surface area is 126 Å². The minimum Gasteiger partial charge on any atom is -0.481 e. The fourth-order valence-corrected chi connectivity index (χ4v) is 3.32. The van der Waals surface area contributed by atoms with Gasteiger partial charge in [-0.2, -0.15) is 5.26 Å². The van der Waals surface area contributed by atoms with E-state index in [1.165, 1.54) is 0 Å². The summed E-state index contributed by atoms with van der Waals surface area (Å²) in [6.45, 7) is 5.29. The predicted octanol–water partition coefficient (Wildman–Crippen LogP) is 3.34. The third-order valence-electron chi connectivity index (χ3n) is 4.37. The van der Waals surface area contributed by atoms with E-state index in [2.05, 4.69) is 11.0 Å². The van der Waals surface area contributed by atoms with E-state index < -0.39 is 11.4 Å². The number of carbonyl (C=O) groups is 1. The quantitative estimate of drug-likeness (QED) is 0.922. The lowest BCUT2D eigenvalue weighted by Gasteiger charge is -2.41. The Bertz CT molecular complexity index is 573. The second-order valence-electron chi connectivity index (χ2n) is 5.99. The molecule has 4 heteroatoms. The molecule has 1 aliphatic heterocycles. The highest BCUT2D eigenvalue weighted by Crippen LogP contribution is 2.37. The number of carboxylic acid groups (broad SMARTS) is 1. The topological polar surface area (TPSA) is 64.3 Å². The Hall–Kier alpha value is -2.02. The summed E-state index contributed by atoms with van der Waals surface area (Å²) >= 11 is 0. The lowest BCUT2D eigenvalue weighted by molar-refractivity contribution is -0.150. The minimum absolute atomic E-state index is 0.494. The number of nitriles is 1.